The van der Waals surface area contributed by atoms with Gasteiger partial charge in [-0.15, -0.1) is 0 Å². The van der Waals surface area contributed by atoms with Crippen LogP contribution >= 0.6 is 0 Å². The van der Waals surface area contributed by atoms with Crippen molar-refractivity contribution in [1.29, 1.82) is 0 Å². The Hall–Kier alpha value is -2.07. The molecule has 168 valence electrons. The smallest absolute Gasteiger partial charge is 0.336 e. The van der Waals surface area contributed by atoms with Crippen molar-refractivity contribution in [3.8, 4) is 0 Å². The first kappa shape index (κ1) is 24.2. The molecule has 8 atom stereocenters. The van der Waals surface area contributed by atoms with Crippen molar-refractivity contribution in [3.63, 3.8) is 0 Å². The van der Waals surface area contributed by atoms with Gasteiger partial charge in [0.05, 0.1) is 37.4 Å². The maximum Gasteiger partial charge on any atom is 0.336 e. The number of aliphatic hydroxyl groups is 4. The first-order valence-electron chi connectivity index (χ1n) is 9.80. The molecule has 30 heavy (non-hydrogen) atoms. The van der Waals surface area contributed by atoms with Crippen LogP contribution in [0.25, 0.3) is 0 Å². The van der Waals surface area contributed by atoms with Gasteiger partial charge in [0.15, 0.2) is 0 Å². The fourth-order valence-electron chi connectivity index (χ4n) is 4.91. The van der Waals surface area contributed by atoms with E-state index in [4.69, 9.17) is 14.6 Å². The molecule has 8 unspecified atom stereocenters. The van der Waals surface area contributed by atoms with Gasteiger partial charge >= 0.3 is 11.9 Å². The van der Waals surface area contributed by atoms with Gasteiger partial charge in [0.25, 0.3) is 0 Å². The largest absolute Gasteiger partial charge is 0.466 e. The minimum atomic E-state index is -1.53. The van der Waals surface area contributed by atoms with Crippen molar-refractivity contribution in [2.45, 2.75) is 50.6 Å². The third-order valence-corrected chi connectivity index (χ3v) is 6.66. The van der Waals surface area contributed by atoms with Crippen molar-refractivity contribution >= 4 is 18.2 Å². The van der Waals surface area contributed by atoms with E-state index in [-0.39, 0.29) is 12.0 Å². The van der Waals surface area contributed by atoms with Gasteiger partial charge in [-0.3, -0.25) is 0 Å². The number of rotatable bonds is 7. The maximum atomic E-state index is 12.5. The predicted octanol–water partition coefficient (Wildman–Crippen LogP) is -0.490. The number of carbonyl (C=O) groups is 3. The normalized spacial score (nSPS) is 36.7. The summed E-state index contributed by atoms with van der Waals surface area (Å²) in [5, 5.41) is 40.6. The highest BCUT2D eigenvalue weighted by Crippen LogP contribution is 2.55. The molecule has 0 amide bonds. The molecule has 0 spiro atoms. The van der Waals surface area contributed by atoms with Crippen LogP contribution in [0.4, 0.5) is 0 Å². The maximum absolute atomic E-state index is 12.5. The molecular weight excluding hydrogens is 396 g/mol. The van der Waals surface area contributed by atoms with Crippen molar-refractivity contribution in [3.05, 3.63) is 24.3 Å². The van der Waals surface area contributed by atoms with E-state index in [1.165, 1.54) is 0 Å². The summed E-state index contributed by atoms with van der Waals surface area (Å²) in [6.45, 7) is 8.08. The molecule has 2 aliphatic rings. The molecular formula is C21H30O9. The highest BCUT2D eigenvalue weighted by atomic mass is 16.5. The lowest BCUT2D eigenvalue weighted by molar-refractivity contribution is -0.198. The van der Waals surface area contributed by atoms with E-state index >= 15 is 0 Å². The average molecular weight is 426 g/mol. The number of aliphatic hydroxyl groups excluding tert-OH is 4. The summed E-state index contributed by atoms with van der Waals surface area (Å²) in [4.78, 5) is 36.3. The molecule has 2 fully saturated rings. The highest BCUT2D eigenvalue weighted by molar-refractivity contribution is 5.90. The Morgan fingerprint density at radius 3 is 2.40 bits per heavy atom. The third-order valence-electron chi connectivity index (χ3n) is 6.66. The van der Waals surface area contributed by atoms with Crippen LogP contribution in [0, 0.1) is 23.2 Å². The molecule has 0 saturated heterocycles. The van der Waals surface area contributed by atoms with Crippen LogP contribution in [0.3, 0.4) is 0 Å². The Morgan fingerprint density at radius 1 is 1.23 bits per heavy atom. The molecule has 0 aliphatic heterocycles. The second kappa shape index (κ2) is 9.38. The molecule has 0 heterocycles. The molecule has 2 rings (SSSR count). The third kappa shape index (κ3) is 4.20. The van der Waals surface area contributed by atoms with Crippen molar-refractivity contribution in [2.24, 2.45) is 23.2 Å². The molecule has 0 aromatic carbocycles. The minimum Gasteiger partial charge on any atom is -0.466 e. The van der Waals surface area contributed by atoms with Gasteiger partial charge in [-0.05, 0) is 19.3 Å². The summed E-state index contributed by atoms with van der Waals surface area (Å²) in [6.07, 6.45) is -3.34. The quantitative estimate of drug-likeness (QED) is 0.240. The van der Waals surface area contributed by atoms with E-state index in [1.807, 2.05) is 0 Å². The average Bonchev–Trinajstić information content (AvgIpc) is 2.72. The number of fused-ring (bicyclic) bond motifs is 1. The van der Waals surface area contributed by atoms with Crippen molar-refractivity contribution < 1.29 is 44.3 Å². The molecule has 4 N–H and O–H groups in total. The van der Waals surface area contributed by atoms with Crippen molar-refractivity contribution in [2.75, 3.05) is 13.7 Å². The first-order chi connectivity index (χ1) is 14.0. The topological polar surface area (TPSA) is 151 Å². The van der Waals surface area contributed by atoms with E-state index < -0.39 is 71.7 Å². The molecule has 2 aliphatic carbocycles. The molecule has 0 radical (unpaired) electrons. The van der Waals surface area contributed by atoms with Crippen LogP contribution in [0.1, 0.15) is 26.2 Å². The zero-order chi connectivity index (χ0) is 22.8. The molecule has 9 heteroatoms. The van der Waals surface area contributed by atoms with Crippen molar-refractivity contribution in [1.82, 2.24) is 0 Å². The van der Waals surface area contributed by atoms with E-state index in [0.29, 0.717) is 12.8 Å². The number of carbonyl (C=O) groups excluding carboxylic acids is 3. The van der Waals surface area contributed by atoms with E-state index in [0.717, 1.165) is 13.4 Å². The molecule has 2 saturated carbocycles. The van der Waals surface area contributed by atoms with E-state index in [9.17, 15) is 29.7 Å². The van der Waals surface area contributed by atoms with Crippen LogP contribution in [-0.4, -0.2) is 76.8 Å². The number of esters is 2. The lowest BCUT2D eigenvalue weighted by atomic mass is 9.51. The monoisotopic (exact) mass is 426 g/mol. The standard InChI is InChI=1S/C21H30O9/c1-10(13(24)9-23)20(28)30-14-7-21(3)15(25)6-5-12(8-22)17(21)18(26)16(14)11(2)19(27)29-4/h8,12-18,23-26H,1-2,5-7,9H2,3-4H3. The van der Waals surface area contributed by atoms with Gasteiger partial charge in [0, 0.05) is 22.8 Å². The number of hydrogen-bond donors (Lipinski definition) is 4. The number of hydrogen-bond acceptors (Lipinski definition) is 9. The second-order valence-electron chi connectivity index (χ2n) is 8.33. The SMILES string of the molecule is C=C(C(=O)OC1CC2(C)C(O)CCC(C=O)C2C(O)C1C(=C)C(=O)OC)C(O)CO. The Kier molecular flexibility index (Phi) is 7.57. The Balaban J connectivity index is 2.45. The predicted molar refractivity (Wildman–Crippen MR) is 104 cm³/mol. The molecule has 9 nitrogen and oxygen atoms in total. The van der Waals surface area contributed by atoms with Crippen LogP contribution in [0.5, 0.6) is 0 Å². The summed E-state index contributed by atoms with van der Waals surface area (Å²) in [7, 11) is 1.14. The minimum absolute atomic E-state index is 0.0369. The second-order valence-corrected chi connectivity index (χ2v) is 8.33. The lowest BCUT2D eigenvalue weighted by Crippen LogP contribution is -2.62. The summed E-state index contributed by atoms with van der Waals surface area (Å²) < 4.78 is 10.2. The van der Waals surface area contributed by atoms with Gasteiger partial charge in [-0.2, -0.15) is 0 Å². The van der Waals surface area contributed by atoms with Gasteiger partial charge in [0.2, 0.25) is 0 Å². The fourth-order valence-corrected chi connectivity index (χ4v) is 4.91. The lowest BCUT2D eigenvalue weighted by Gasteiger charge is -2.56. The Labute approximate surface area is 175 Å². The summed E-state index contributed by atoms with van der Waals surface area (Å²) in [6, 6.07) is 0. The van der Waals surface area contributed by atoms with Crippen LogP contribution in [0.2, 0.25) is 0 Å². The summed E-state index contributed by atoms with van der Waals surface area (Å²) in [5.41, 5.74) is -1.50. The number of methoxy groups -OCH3 is 1. The first-order valence-corrected chi connectivity index (χ1v) is 9.80. The Morgan fingerprint density at radius 2 is 1.87 bits per heavy atom. The molecule has 0 aromatic heterocycles. The zero-order valence-electron chi connectivity index (χ0n) is 17.2. The molecule has 0 aromatic rings. The summed E-state index contributed by atoms with van der Waals surface area (Å²) in [5.74, 6) is -4.16. The Bertz CT molecular complexity index is 717. The number of aldehydes is 1. The van der Waals surface area contributed by atoms with Crippen LogP contribution in [0.15, 0.2) is 24.3 Å². The zero-order valence-corrected chi connectivity index (χ0v) is 17.2. The van der Waals surface area contributed by atoms with Gasteiger partial charge < -0.3 is 34.7 Å². The molecule has 0 bridgehead atoms. The van der Waals surface area contributed by atoms with Gasteiger partial charge in [-0.25, -0.2) is 9.59 Å². The fraction of sp³-hybridized carbons (Fsp3) is 0.667. The van der Waals surface area contributed by atoms with E-state index in [2.05, 4.69) is 13.2 Å². The number of ether oxygens (including phenoxy) is 2. The van der Waals surface area contributed by atoms with E-state index in [1.54, 1.807) is 6.92 Å². The highest BCUT2D eigenvalue weighted by Gasteiger charge is 2.60. The van der Waals surface area contributed by atoms with Crippen LogP contribution in [-0.2, 0) is 23.9 Å². The van der Waals surface area contributed by atoms with Gasteiger partial charge in [-0.1, -0.05) is 20.1 Å². The van der Waals surface area contributed by atoms with Crippen LogP contribution < -0.4 is 0 Å². The van der Waals surface area contributed by atoms with Gasteiger partial charge in [0.1, 0.15) is 18.5 Å². The summed E-state index contributed by atoms with van der Waals surface area (Å²) >= 11 is 0.